The zero-order chi connectivity index (χ0) is 18.9. The van der Waals surface area contributed by atoms with Crippen molar-refractivity contribution in [2.45, 2.75) is 13.0 Å². The second kappa shape index (κ2) is 7.28. The summed E-state index contributed by atoms with van der Waals surface area (Å²) in [6.07, 6.45) is 1.07. The number of aromatic nitrogens is 3. The van der Waals surface area contributed by atoms with E-state index in [0.29, 0.717) is 5.69 Å². The molecule has 2 aromatic heterocycles. The summed E-state index contributed by atoms with van der Waals surface area (Å²) in [5, 5.41) is 2.67. The Morgan fingerprint density at radius 3 is 2.54 bits per heavy atom. The summed E-state index contributed by atoms with van der Waals surface area (Å²) in [5.74, 6) is -1.55. The van der Waals surface area contributed by atoms with Gasteiger partial charge in [0, 0.05) is 13.1 Å². The van der Waals surface area contributed by atoms with Gasteiger partial charge in [0.15, 0.2) is 21.5 Å². The molecule has 1 atom stereocenters. The molecule has 11 heteroatoms. The second-order valence-electron chi connectivity index (χ2n) is 5.89. The van der Waals surface area contributed by atoms with Crippen molar-refractivity contribution in [3.05, 3.63) is 40.9 Å². The van der Waals surface area contributed by atoms with Gasteiger partial charge in [0.2, 0.25) is 11.1 Å². The van der Waals surface area contributed by atoms with Crippen LogP contribution in [-0.2, 0) is 9.84 Å². The van der Waals surface area contributed by atoms with Gasteiger partial charge in [-0.3, -0.25) is 4.98 Å². The Bertz CT molecular complexity index is 897. The van der Waals surface area contributed by atoms with Crippen LogP contribution in [0.4, 0.5) is 20.4 Å². The standard InChI is InChI=1S/C15H16ClF2N5O2S/c1-9(11-3-2-10(17)8-19-11)20-13-12(18)14(22-15(16)21-13)23-4-6-26(24,25)7-5-23/h2-3,8-9H,4-7H2,1H3,(H,20,21,22)/t9-/m0/s1. The van der Waals surface area contributed by atoms with E-state index in [1.165, 1.54) is 17.0 Å². The first-order valence-corrected chi connectivity index (χ1v) is 10.0. The van der Waals surface area contributed by atoms with Gasteiger partial charge in [0.1, 0.15) is 5.82 Å². The zero-order valence-electron chi connectivity index (χ0n) is 13.8. The van der Waals surface area contributed by atoms with Crippen molar-refractivity contribution in [2.75, 3.05) is 34.8 Å². The van der Waals surface area contributed by atoms with Crippen molar-refractivity contribution < 1.29 is 17.2 Å². The molecule has 0 amide bonds. The van der Waals surface area contributed by atoms with Gasteiger partial charge < -0.3 is 10.2 Å². The molecule has 1 saturated heterocycles. The number of halogens is 3. The van der Waals surface area contributed by atoms with Gasteiger partial charge in [-0.2, -0.15) is 14.4 Å². The predicted octanol–water partition coefficient (Wildman–Crippen LogP) is 2.21. The van der Waals surface area contributed by atoms with Crippen LogP contribution in [0.5, 0.6) is 0 Å². The molecule has 0 unspecified atom stereocenters. The average Bonchev–Trinajstić information content (AvgIpc) is 2.58. The molecule has 1 aliphatic rings. The van der Waals surface area contributed by atoms with Crippen LogP contribution < -0.4 is 10.2 Å². The van der Waals surface area contributed by atoms with Gasteiger partial charge in [0.25, 0.3) is 0 Å². The highest BCUT2D eigenvalue weighted by molar-refractivity contribution is 7.91. The van der Waals surface area contributed by atoms with Crippen molar-refractivity contribution in [1.29, 1.82) is 0 Å². The van der Waals surface area contributed by atoms with Crippen molar-refractivity contribution in [3.63, 3.8) is 0 Å². The summed E-state index contributed by atoms with van der Waals surface area (Å²) in [5.41, 5.74) is 0.492. The molecule has 0 radical (unpaired) electrons. The smallest absolute Gasteiger partial charge is 0.226 e. The van der Waals surface area contributed by atoms with Crippen LogP contribution in [0.15, 0.2) is 18.3 Å². The van der Waals surface area contributed by atoms with Crippen molar-refractivity contribution >= 4 is 33.1 Å². The van der Waals surface area contributed by atoms with Gasteiger partial charge in [0.05, 0.1) is 29.4 Å². The maximum Gasteiger partial charge on any atom is 0.226 e. The summed E-state index contributed by atoms with van der Waals surface area (Å²) < 4.78 is 50.9. The second-order valence-corrected chi connectivity index (χ2v) is 8.53. The molecule has 0 saturated carbocycles. The van der Waals surface area contributed by atoms with Crippen LogP contribution in [0.25, 0.3) is 0 Å². The monoisotopic (exact) mass is 403 g/mol. The lowest BCUT2D eigenvalue weighted by atomic mass is 10.2. The third-order valence-electron chi connectivity index (χ3n) is 4.00. The average molecular weight is 404 g/mol. The first kappa shape index (κ1) is 18.7. The van der Waals surface area contributed by atoms with Crippen LogP contribution in [0.2, 0.25) is 5.28 Å². The third-order valence-corrected chi connectivity index (χ3v) is 5.78. The topological polar surface area (TPSA) is 88.1 Å². The van der Waals surface area contributed by atoms with E-state index in [4.69, 9.17) is 11.6 Å². The largest absolute Gasteiger partial charge is 0.359 e. The lowest BCUT2D eigenvalue weighted by molar-refractivity contribution is 0.577. The molecule has 1 N–H and O–H groups in total. The van der Waals surface area contributed by atoms with Crippen molar-refractivity contribution in [3.8, 4) is 0 Å². The Hall–Kier alpha value is -2.07. The fourth-order valence-electron chi connectivity index (χ4n) is 2.56. The minimum absolute atomic E-state index is 0.0540. The predicted molar refractivity (Wildman–Crippen MR) is 94.1 cm³/mol. The van der Waals surface area contributed by atoms with Crippen molar-refractivity contribution in [1.82, 2.24) is 15.0 Å². The van der Waals surface area contributed by atoms with Gasteiger partial charge in [-0.05, 0) is 30.7 Å². The van der Waals surface area contributed by atoms with Crippen LogP contribution in [0, 0.1) is 11.6 Å². The quantitative estimate of drug-likeness (QED) is 0.783. The molecule has 2 aromatic rings. The number of hydrogen-bond acceptors (Lipinski definition) is 7. The molecule has 1 fully saturated rings. The Morgan fingerprint density at radius 1 is 1.23 bits per heavy atom. The maximum absolute atomic E-state index is 14.9. The molecule has 26 heavy (non-hydrogen) atoms. The van der Waals surface area contributed by atoms with Crippen molar-refractivity contribution in [2.24, 2.45) is 0 Å². The van der Waals surface area contributed by atoms with E-state index in [1.807, 2.05) is 0 Å². The molecular formula is C15H16ClF2N5O2S. The lowest BCUT2D eigenvalue weighted by Gasteiger charge is -2.28. The molecule has 3 rings (SSSR count). The Balaban J connectivity index is 1.84. The van der Waals surface area contributed by atoms with E-state index in [-0.39, 0.29) is 41.5 Å². The first-order chi connectivity index (χ1) is 12.2. The van der Waals surface area contributed by atoms with Gasteiger partial charge in [-0.15, -0.1) is 0 Å². The van der Waals surface area contributed by atoms with E-state index in [2.05, 4.69) is 20.3 Å². The number of sulfone groups is 1. The summed E-state index contributed by atoms with van der Waals surface area (Å²) in [6.45, 7) is 1.96. The number of pyridine rings is 1. The number of nitrogens with one attached hydrogen (secondary N) is 1. The minimum atomic E-state index is -3.11. The van der Waals surface area contributed by atoms with E-state index in [0.717, 1.165) is 6.20 Å². The number of nitrogens with zero attached hydrogens (tertiary/aromatic N) is 4. The summed E-state index contributed by atoms with van der Waals surface area (Å²) >= 11 is 5.91. The zero-order valence-corrected chi connectivity index (χ0v) is 15.4. The van der Waals surface area contributed by atoms with Gasteiger partial charge in [-0.1, -0.05) is 0 Å². The molecule has 0 aliphatic carbocycles. The normalized spacial score (nSPS) is 17.8. The highest BCUT2D eigenvalue weighted by atomic mass is 35.5. The molecule has 7 nitrogen and oxygen atoms in total. The number of rotatable bonds is 4. The van der Waals surface area contributed by atoms with E-state index < -0.39 is 27.5 Å². The number of hydrogen-bond donors (Lipinski definition) is 1. The van der Waals surface area contributed by atoms with Gasteiger partial charge in [-0.25, -0.2) is 12.8 Å². The lowest BCUT2D eigenvalue weighted by Crippen LogP contribution is -2.41. The van der Waals surface area contributed by atoms with Crippen LogP contribution in [0.1, 0.15) is 18.7 Å². The Morgan fingerprint density at radius 2 is 1.92 bits per heavy atom. The minimum Gasteiger partial charge on any atom is -0.359 e. The Labute approximate surface area is 154 Å². The molecular weight excluding hydrogens is 388 g/mol. The fraction of sp³-hybridized carbons (Fsp3) is 0.400. The number of anilines is 2. The molecule has 3 heterocycles. The Kier molecular flexibility index (Phi) is 5.24. The van der Waals surface area contributed by atoms with E-state index >= 15 is 0 Å². The molecule has 1 aliphatic heterocycles. The molecule has 140 valence electrons. The highest BCUT2D eigenvalue weighted by Gasteiger charge is 2.27. The molecule has 0 spiro atoms. The van der Waals surface area contributed by atoms with Crippen LogP contribution in [-0.4, -0.2) is 48.0 Å². The third kappa shape index (κ3) is 4.18. The van der Waals surface area contributed by atoms with E-state index in [9.17, 15) is 17.2 Å². The maximum atomic E-state index is 14.9. The summed E-state index contributed by atoms with van der Waals surface area (Å²) in [7, 11) is -3.11. The fourth-order valence-corrected chi connectivity index (χ4v) is 3.93. The summed E-state index contributed by atoms with van der Waals surface area (Å²) in [4.78, 5) is 13.2. The molecule has 0 aromatic carbocycles. The van der Waals surface area contributed by atoms with E-state index in [1.54, 1.807) is 6.92 Å². The SMILES string of the molecule is C[C@H](Nc1nc(Cl)nc(N2CCS(=O)(=O)CC2)c1F)c1ccc(F)cn1. The molecule has 0 bridgehead atoms. The highest BCUT2D eigenvalue weighted by Crippen LogP contribution is 2.28. The summed E-state index contributed by atoms with van der Waals surface area (Å²) in [6, 6.07) is 2.26. The van der Waals surface area contributed by atoms with Crippen LogP contribution in [0.3, 0.4) is 0 Å². The first-order valence-electron chi connectivity index (χ1n) is 7.81. The van der Waals surface area contributed by atoms with Crippen LogP contribution >= 0.6 is 11.6 Å². The van der Waals surface area contributed by atoms with Gasteiger partial charge >= 0.3 is 0 Å².